The first kappa shape index (κ1) is 28.3. The normalized spacial score (nSPS) is 13.5. The van der Waals surface area contributed by atoms with E-state index in [9.17, 15) is 20.1 Å². The van der Waals surface area contributed by atoms with Gasteiger partial charge >= 0.3 is 5.97 Å². The van der Waals surface area contributed by atoms with E-state index in [0.29, 0.717) is 46.2 Å². The van der Waals surface area contributed by atoms with Crippen molar-refractivity contribution in [3.05, 3.63) is 95.1 Å². The summed E-state index contributed by atoms with van der Waals surface area (Å²) in [5, 5.41) is 34.1. The summed E-state index contributed by atoms with van der Waals surface area (Å²) in [6.07, 6.45) is 0.875. The molecule has 0 saturated carbocycles. The van der Waals surface area contributed by atoms with Crippen LogP contribution < -0.4 is 14.8 Å². The van der Waals surface area contributed by atoms with E-state index < -0.39 is 18.2 Å². The molecule has 1 unspecified atom stereocenters. The minimum atomic E-state index is -1.01. The molecule has 204 valence electrons. The molecule has 3 atom stereocenters. The number of ether oxygens (including phenoxy) is 2. The van der Waals surface area contributed by atoms with Crippen molar-refractivity contribution in [2.75, 3.05) is 13.2 Å². The fourth-order valence-corrected chi connectivity index (χ4v) is 4.35. The zero-order valence-electron chi connectivity index (χ0n) is 21.5. The number of aromatic nitrogens is 1. The summed E-state index contributed by atoms with van der Waals surface area (Å²) in [5.41, 5.74) is 2.33. The molecule has 0 saturated heterocycles. The number of aliphatic hydroxyl groups is 2. The summed E-state index contributed by atoms with van der Waals surface area (Å²) in [4.78, 5) is 15.7. The maximum Gasteiger partial charge on any atom is 0.344 e. The first-order valence-corrected chi connectivity index (χ1v) is 13.1. The van der Waals surface area contributed by atoms with Crippen molar-refractivity contribution in [1.29, 1.82) is 0 Å². The quantitative estimate of drug-likeness (QED) is 0.180. The number of hydrogen-bond donors (Lipinski definition) is 4. The third-order valence-corrected chi connectivity index (χ3v) is 6.52. The van der Waals surface area contributed by atoms with Crippen LogP contribution in [0.15, 0.2) is 79.0 Å². The second-order valence-corrected chi connectivity index (χ2v) is 9.59. The minimum absolute atomic E-state index is 0.0826. The van der Waals surface area contributed by atoms with Gasteiger partial charge in [0.15, 0.2) is 6.10 Å². The molecule has 0 aliphatic heterocycles. The summed E-state index contributed by atoms with van der Waals surface area (Å²) >= 11 is 6.01. The minimum Gasteiger partial charge on any atom is -0.479 e. The molecule has 1 aromatic heterocycles. The Morgan fingerprint density at radius 2 is 1.82 bits per heavy atom. The van der Waals surface area contributed by atoms with Crippen molar-refractivity contribution >= 4 is 28.5 Å². The van der Waals surface area contributed by atoms with Gasteiger partial charge in [0.05, 0.1) is 18.2 Å². The molecule has 0 bridgehead atoms. The van der Waals surface area contributed by atoms with Crippen LogP contribution in [0.3, 0.4) is 0 Å². The number of halogens is 1. The molecule has 39 heavy (non-hydrogen) atoms. The smallest absolute Gasteiger partial charge is 0.344 e. The highest BCUT2D eigenvalue weighted by molar-refractivity contribution is 6.30. The van der Waals surface area contributed by atoms with Crippen molar-refractivity contribution in [3.63, 3.8) is 0 Å². The molecule has 8 nitrogen and oxygen atoms in total. The van der Waals surface area contributed by atoms with E-state index in [1.807, 2.05) is 30.3 Å². The summed E-state index contributed by atoms with van der Waals surface area (Å²) in [6.45, 7) is 1.95. The molecular weight excluding hydrogens is 520 g/mol. The van der Waals surface area contributed by atoms with Gasteiger partial charge in [-0.2, -0.15) is 0 Å². The number of aliphatic carboxylic acids is 1. The lowest BCUT2D eigenvalue weighted by Crippen LogP contribution is -2.37. The standard InChI is InChI=1S/C30H31ClN2O6/c1-2-28(30(36)37)39-24-10-11-25-26(16-24)32-13-12-29(25)38-23-8-6-19(7-9-23)14-22(18-34)33-17-27(35)20-4-3-5-21(31)15-20/h3-13,15-16,22,27-28,33-35H,2,14,17-18H2,1H3,(H,36,37)/t22-,27-,28?/m0/s1. The highest BCUT2D eigenvalue weighted by Crippen LogP contribution is 2.31. The van der Waals surface area contributed by atoms with E-state index >= 15 is 0 Å². The topological polar surface area (TPSA) is 121 Å². The van der Waals surface area contributed by atoms with Crippen LogP contribution in [0.1, 0.15) is 30.6 Å². The number of aliphatic hydroxyl groups excluding tert-OH is 2. The first-order chi connectivity index (χ1) is 18.9. The second kappa shape index (κ2) is 13.4. The third-order valence-electron chi connectivity index (χ3n) is 6.29. The lowest BCUT2D eigenvalue weighted by molar-refractivity contribution is -0.145. The summed E-state index contributed by atoms with van der Waals surface area (Å²) in [5.74, 6) is 0.656. The van der Waals surface area contributed by atoms with E-state index in [2.05, 4.69) is 10.3 Å². The van der Waals surface area contributed by atoms with Crippen molar-refractivity contribution in [2.24, 2.45) is 0 Å². The Labute approximate surface area is 231 Å². The van der Waals surface area contributed by atoms with Crippen LogP contribution in [0, 0.1) is 0 Å². The van der Waals surface area contributed by atoms with E-state index in [1.165, 1.54) is 0 Å². The van der Waals surface area contributed by atoms with E-state index in [1.54, 1.807) is 55.6 Å². The van der Waals surface area contributed by atoms with Crippen LogP contribution in [0.2, 0.25) is 5.02 Å². The van der Waals surface area contributed by atoms with Gasteiger partial charge < -0.3 is 30.1 Å². The zero-order valence-corrected chi connectivity index (χ0v) is 22.2. The van der Waals surface area contributed by atoms with Gasteiger partial charge in [-0.05, 0) is 66.4 Å². The van der Waals surface area contributed by atoms with Gasteiger partial charge in [-0.25, -0.2) is 4.79 Å². The van der Waals surface area contributed by atoms with Crippen LogP contribution in [0.4, 0.5) is 0 Å². The third kappa shape index (κ3) is 7.68. The second-order valence-electron chi connectivity index (χ2n) is 9.15. The van der Waals surface area contributed by atoms with Gasteiger partial charge in [0, 0.05) is 35.3 Å². The number of carboxylic acids is 1. The SMILES string of the molecule is CCC(Oc1ccc2c(Oc3ccc(C[C@@H](CO)NC[C@H](O)c4cccc(Cl)c4)cc3)ccnc2c1)C(=O)O. The van der Waals surface area contributed by atoms with Crippen LogP contribution in [0.5, 0.6) is 17.2 Å². The molecule has 0 fully saturated rings. The molecule has 3 aromatic carbocycles. The van der Waals surface area contributed by atoms with Gasteiger partial charge in [0.25, 0.3) is 0 Å². The molecule has 4 N–H and O–H groups in total. The Balaban J connectivity index is 1.37. The maximum atomic E-state index is 11.3. The first-order valence-electron chi connectivity index (χ1n) is 12.7. The highest BCUT2D eigenvalue weighted by atomic mass is 35.5. The molecule has 0 radical (unpaired) electrons. The number of fused-ring (bicyclic) bond motifs is 1. The largest absolute Gasteiger partial charge is 0.479 e. The van der Waals surface area contributed by atoms with Crippen LogP contribution in [-0.4, -0.2) is 51.6 Å². The number of nitrogens with zero attached hydrogens (tertiary/aromatic N) is 1. The Hall–Kier alpha value is -3.69. The number of rotatable bonds is 13. The van der Waals surface area contributed by atoms with E-state index in [4.69, 9.17) is 21.1 Å². The van der Waals surface area contributed by atoms with Gasteiger partial charge in [0.1, 0.15) is 17.2 Å². The molecule has 9 heteroatoms. The molecular formula is C30H31ClN2O6. The number of carbonyl (C=O) groups is 1. The Morgan fingerprint density at radius 3 is 2.51 bits per heavy atom. The average molecular weight is 551 g/mol. The molecule has 0 aliphatic carbocycles. The van der Waals surface area contributed by atoms with Crippen LogP contribution in [-0.2, 0) is 11.2 Å². The number of hydrogen-bond acceptors (Lipinski definition) is 7. The molecule has 1 heterocycles. The maximum absolute atomic E-state index is 11.3. The number of benzene rings is 3. The van der Waals surface area contributed by atoms with E-state index in [-0.39, 0.29) is 19.2 Å². The Morgan fingerprint density at radius 1 is 1.05 bits per heavy atom. The van der Waals surface area contributed by atoms with Crippen LogP contribution >= 0.6 is 11.6 Å². The summed E-state index contributed by atoms with van der Waals surface area (Å²) < 4.78 is 11.7. The fraction of sp³-hybridized carbons (Fsp3) is 0.267. The van der Waals surface area contributed by atoms with Crippen molar-refractivity contribution in [2.45, 2.75) is 38.0 Å². The van der Waals surface area contributed by atoms with Crippen LogP contribution in [0.25, 0.3) is 10.9 Å². The predicted molar refractivity (Wildman–Crippen MR) is 150 cm³/mol. The highest BCUT2D eigenvalue weighted by Gasteiger charge is 2.17. The summed E-state index contributed by atoms with van der Waals surface area (Å²) in [7, 11) is 0. The van der Waals surface area contributed by atoms with Gasteiger partial charge in [0.2, 0.25) is 0 Å². The number of carboxylic acid groups (broad SMARTS) is 1. The Bertz CT molecular complexity index is 1400. The average Bonchev–Trinajstić information content (AvgIpc) is 2.94. The predicted octanol–water partition coefficient (Wildman–Crippen LogP) is 5.15. The fourth-order valence-electron chi connectivity index (χ4n) is 4.15. The van der Waals surface area contributed by atoms with E-state index in [0.717, 1.165) is 10.9 Å². The number of pyridine rings is 1. The van der Waals surface area contributed by atoms with Crippen molar-refractivity contribution in [3.8, 4) is 17.2 Å². The number of nitrogens with one attached hydrogen (secondary N) is 1. The lowest BCUT2D eigenvalue weighted by Gasteiger charge is -2.19. The lowest BCUT2D eigenvalue weighted by atomic mass is 10.0. The van der Waals surface area contributed by atoms with Gasteiger partial charge in [-0.3, -0.25) is 4.98 Å². The molecule has 0 aliphatic rings. The van der Waals surface area contributed by atoms with Crippen molar-refractivity contribution in [1.82, 2.24) is 10.3 Å². The monoisotopic (exact) mass is 550 g/mol. The Kier molecular flexibility index (Phi) is 9.73. The zero-order chi connectivity index (χ0) is 27.8. The van der Waals surface area contributed by atoms with Crippen molar-refractivity contribution < 1.29 is 29.6 Å². The van der Waals surface area contributed by atoms with Gasteiger partial charge in [-0.1, -0.05) is 42.8 Å². The summed E-state index contributed by atoms with van der Waals surface area (Å²) in [6, 6.07) is 21.4. The molecule has 4 aromatic rings. The molecule has 0 spiro atoms. The molecule has 4 rings (SSSR count). The van der Waals surface area contributed by atoms with Gasteiger partial charge in [-0.15, -0.1) is 0 Å². The molecule has 0 amide bonds.